The van der Waals surface area contributed by atoms with Crippen molar-refractivity contribution in [3.05, 3.63) is 0 Å². The van der Waals surface area contributed by atoms with Crippen molar-refractivity contribution in [2.45, 2.75) is 45.1 Å². The lowest BCUT2D eigenvalue weighted by Crippen LogP contribution is -2.45. The third-order valence-electron chi connectivity index (χ3n) is 4.41. The standard InChI is InChI=1S/C14H28N2O2/c1-4-11-5-6-12(10-15)13(9-11)16(2)8-7-14(17)18-3/h11-13H,4-10,15H2,1-3H3. The summed E-state index contributed by atoms with van der Waals surface area (Å²) < 4.78 is 4.69. The molecule has 1 rings (SSSR count). The molecule has 0 spiro atoms. The van der Waals surface area contributed by atoms with Gasteiger partial charge < -0.3 is 15.4 Å². The lowest BCUT2D eigenvalue weighted by Gasteiger charge is -2.40. The van der Waals surface area contributed by atoms with Crippen LogP contribution in [0.3, 0.4) is 0 Å². The number of methoxy groups -OCH3 is 1. The van der Waals surface area contributed by atoms with Crippen LogP contribution in [0.25, 0.3) is 0 Å². The van der Waals surface area contributed by atoms with Crippen molar-refractivity contribution in [2.75, 3.05) is 27.2 Å². The van der Waals surface area contributed by atoms with Crippen LogP contribution < -0.4 is 5.73 Å². The van der Waals surface area contributed by atoms with E-state index in [1.165, 1.54) is 32.8 Å². The van der Waals surface area contributed by atoms with Crippen molar-refractivity contribution in [3.63, 3.8) is 0 Å². The maximum Gasteiger partial charge on any atom is 0.306 e. The van der Waals surface area contributed by atoms with Crippen LogP contribution in [0.5, 0.6) is 0 Å². The SMILES string of the molecule is CCC1CCC(CN)C(N(C)CCC(=O)OC)C1. The molecule has 0 bridgehead atoms. The van der Waals surface area contributed by atoms with Crippen LogP contribution in [0.1, 0.15) is 39.0 Å². The Bertz CT molecular complexity index is 258. The van der Waals surface area contributed by atoms with Gasteiger partial charge in [-0.25, -0.2) is 0 Å². The third-order valence-corrected chi connectivity index (χ3v) is 4.41. The molecule has 3 atom stereocenters. The Labute approximate surface area is 111 Å². The second-order valence-electron chi connectivity index (χ2n) is 5.46. The molecular weight excluding hydrogens is 228 g/mol. The topological polar surface area (TPSA) is 55.6 Å². The second-order valence-corrected chi connectivity index (χ2v) is 5.46. The summed E-state index contributed by atoms with van der Waals surface area (Å²) in [4.78, 5) is 13.5. The quantitative estimate of drug-likeness (QED) is 0.734. The van der Waals surface area contributed by atoms with E-state index < -0.39 is 0 Å². The fourth-order valence-corrected chi connectivity index (χ4v) is 3.02. The van der Waals surface area contributed by atoms with Crippen LogP contribution in [0.15, 0.2) is 0 Å². The summed E-state index contributed by atoms with van der Waals surface area (Å²) >= 11 is 0. The molecular formula is C14H28N2O2. The van der Waals surface area contributed by atoms with Gasteiger partial charge in [-0.2, -0.15) is 0 Å². The zero-order valence-electron chi connectivity index (χ0n) is 12.0. The Kier molecular flexibility index (Phi) is 6.65. The van der Waals surface area contributed by atoms with Crippen LogP contribution in [-0.4, -0.2) is 44.2 Å². The monoisotopic (exact) mass is 256 g/mol. The number of carbonyl (C=O) groups is 1. The fraction of sp³-hybridized carbons (Fsp3) is 0.929. The smallest absolute Gasteiger partial charge is 0.306 e. The minimum atomic E-state index is -0.131. The van der Waals surface area contributed by atoms with E-state index in [2.05, 4.69) is 18.9 Å². The maximum atomic E-state index is 11.2. The van der Waals surface area contributed by atoms with Gasteiger partial charge in [0, 0.05) is 12.6 Å². The summed E-state index contributed by atoms with van der Waals surface area (Å²) in [6.45, 7) is 3.78. The summed E-state index contributed by atoms with van der Waals surface area (Å²) in [6.07, 6.45) is 5.47. The van der Waals surface area contributed by atoms with Crippen LogP contribution in [0.2, 0.25) is 0 Å². The molecule has 0 aromatic rings. The van der Waals surface area contributed by atoms with Gasteiger partial charge in [0.15, 0.2) is 0 Å². The van der Waals surface area contributed by atoms with Gasteiger partial charge in [0.25, 0.3) is 0 Å². The number of rotatable bonds is 6. The fourth-order valence-electron chi connectivity index (χ4n) is 3.02. The molecule has 18 heavy (non-hydrogen) atoms. The van der Waals surface area contributed by atoms with Gasteiger partial charge in [0.05, 0.1) is 13.5 Å². The maximum absolute atomic E-state index is 11.2. The molecule has 0 radical (unpaired) electrons. The number of esters is 1. The highest BCUT2D eigenvalue weighted by molar-refractivity contribution is 5.69. The van der Waals surface area contributed by atoms with Crippen molar-refractivity contribution in [3.8, 4) is 0 Å². The highest BCUT2D eigenvalue weighted by Gasteiger charge is 2.31. The molecule has 1 aliphatic carbocycles. The van der Waals surface area contributed by atoms with Gasteiger partial charge >= 0.3 is 5.97 Å². The summed E-state index contributed by atoms with van der Waals surface area (Å²) in [5.74, 6) is 1.27. The van der Waals surface area contributed by atoms with Crippen LogP contribution in [0.4, 0.5) is 0 Å². The van der Waals surface area contributed by atoms with Crippen LogP contribution in [0, 0.1) is 11.8 Å². The molecule has 0 heterocycles. The number of carbonyl (C=O) groups excluding carboxylic acids is 1. The van der Waals surface area contributed by atoms with E-state index in [-0.39, 0.29) is 5.97 Å². The highest BCUT2D eigenvalue weighted by atomic mass is 16.5. The first-order chi connectivity index (χ1) is 8.62. The van der Waals surface area contributed by atoms with E-state index in [0.717, 1.165) is 19.0 Å². The van der Waals surface area contributed by atoms with E-state index in [1.54, 1.807) is 0 Å². The minimum absolute atomic E-state index is 0.131. The zero-order valence-corrected chi connectivity index (χ0v) is 12.0. The van der Waals surface area contributed by atoms with Gasteiger partial charge in [0.2, 0.25) is 0 Å². The second kappa shape index (κ2) is 7.74. The van der Waals surface area contributed by atoms with Crippen molar-refractivity contribution in [1.29, 1.82) is 0 Å². The van der Waals surface area contributed by atoms with Gasteiger partial charge in [0.1, 0.15) is 0 Å². The Morgan fingerprint density at radius 3 is 2.72 bits per heavy atom. The summed E-state index contributed by atoms with van der Waals surface area (Å²) in [7, 11) is 3.55. The molecule has 0 amide bonds. The first kappa shape index (κ1) is 15.4. The number of nitrogens with two attached hydrogens (primary N) is 1. The molecule has 4 nitrogen and oxygen atoms in total. The molecule has 2 N–H and O–H groups in total. The predicted octanol–water partition coefficient (Wildman–Crippen LogP) is 1.63. The largest absolute Gasteiger partial charge is 0.469 e. The number of hydrogen-bond acceptors (Lipinski definition) is 4. The Morgan fingerprint density at radius 1 is 1.44 bits per heavy atom. The Morgan fingerprint density at radius 2 is 2.17 bits per heavy atom. The van der Waals surface area contributed by atoms with Crippen molar-refractivity contribution in [1.82, 2.24) is 4.90 Å². The van der Waals surface area contributed by atoms with Crippen molar-refractivity contribution in [2.24, 2.45) is 17.6 Å². The summed E-state index contributed by atoms with van der Waals surface area (Å²) in [5.41, 5.74) is 5.88. The molecule has 0 aliphatic heterocycles. The Balaban J connectivity index is 2.50. The molecule has 106 valence electrons. The lowest BCUT2D eigenvalue weighted by molar-refractivity contribution is -0.141. The summed E-state index contributed by atoms with van der Waals surface area (Å²) in [5, 5.41) is 0. The average Bonchev–Trinajstić information content (AvgIpc) is 2.43. The van der Waals surface area contributed by atoms with E-state index in [0.29, 0.717) is 18.4 Å². The first-order valence-electron chi connectivity index (χ1n) is 7.09. The van der Waals surface area contributed by atoms with Gasteiger partial charge in [-0.15, -0.1) is 0 Å². The number of nitrogens with zero attached hydrogens (tertiary/aromatic N) is 1. The highest BCUT2D eigenvalue weighted by Crippen LogP contribution is 2.33. The van der Waals surface area contributed by atoms with E-state index >= 15 is 0 Å². The number of hydrogen-bond donors (Lipinski definition) is 1. The van der Waals surface area contributed by atoms with Gasteiger partial charge in [-0.05, 0) is 38.3 Å². The lowest BCUT2D eigenvalue weighted by atomic mass is 9.76. The first-order valence-corrected chi connectivity index (χ1v) is 7.09. The molecule has 0 saturated heterocycles. The normalized spacial score (nSPS) is 28.4. The van der Waals surface area contributed by atoms with Gasteiger partial charge in [-0.1, -0.05) is 19.8 Å². The minimum Gasteiger partial charge on any atom is -0.469 e. The molecule has 4 heteroatoms. The van der Waals surface area contributed by atoms with Crippen molar-refractivity contribution >= 4 is 5.97 Å². The third kappa shape index (κ3) is 4.25. The van der Waals surface area contributed by atoms with Crippen LogP contribution >= 0.6 is 0 Å². The molecule has 1 fully saturated rings. The molecule has 0 aromatic carbocycles. The van der Waals surface area contributed by atoms with E-state index in [9.17, 15) is 4.79 Å². The molecule has 1 aliphatic rings. The number of ether oxygens (including phenoxy) is 1. The van der Waals surface area contributed by atoms with Crippen molar-refractivity contribution < 1.29 is 9.53 Å². The van der Waals surface area contributed by atoms with Gasteiger partial charge in [-0.3, -0.25) is 4.79 Å². The van der Waals surface area contributed by atoms with E-state index in [1.807, 2.05) is 0 Å². The Hall–Kier alpha value is -0.610. The molecule has 3 unspecified atom stereocenters. The average molecular weight is 256 g/mol. The zero-order chi connectivity index (χ0) is 13.5. The molecule has 1 saturated carbocycles. The van der Waals surface area contributed by atoms with E-state index in [4.69, 9.17) is 10.5 Å². The molecule has 0 aromatic heterocycles. The summed E-state index contributed by atoms with van der Waals surface area (Å²) in [6, 6.07) is 0.526. The van der Waals surface area contributed by atoms with Crippen LogP contribution in [-0.2, 0) is 9.53 Å². The predicted molar refractivity (Wildman–Crippen MR) is 73.2 cm³/mol.